The number of aromatic nitrogens is 1. The molecule has 3 aromatic carbocycles. The molecule has 0 saturated heterocycles. The van der Waals surface area contributed by atoms with Crippen molar-refractivity contribution in [2.45, 2.75) is 16.8 Å². The van der Waals surface area contributed by atoms with Gasteiger partial charge in [0.15, 0.2) is 5.03 Å². The van der Waals surface area contributed by atoms with E-state index in [1.54, 1.807) is 37.3 Å². The van der Waals surface area contributed by atoms with Gasteiger partial charge in [0.25, 0.3) is 0 Å². The van der Waals surface area contributed by atoms with Crippen molar-refractivity contribution in [3.63, 3.8) is 0 Å². The highest BCUT2D eigenvalue weighted by atomic mass is 35.5. The van der Waals surface area contributed by atoms with E-state index in [1.165, 1.54) is 36.4 Å². The van der Waals surface area contributed by atoms with Crippen LogP contribution in [0.25, 0.3) is 22.0 Å². The first kappa shape index (κ1) is 19.8. The highest BCUT2D eigenvalue weighted by Crippen LogP contribution is 2.33. The zero-order valence-corrected chi connectivity index (χ0v) is 17.5. The van der Waals surface area contributed by atoms with E-state index in [2.05, 4.69) is 4.98 Å². The van der Waals surface area contributed by atoms with Crippen LogP contribution in [0, 0.1) is 12.7 Å². The second-order valence-electron chi connectivity index (χ2n) is 6.59. The fourth-order valence-electron chi connectivity index (χ4n) is 3.04. The highest BCUT2D eigenvalue weighted by molar-refractivity contribution is 7.91. The Bertz CT molecular complexity index is 1350. The van der Waals surface area contributed by atoms with E-state index in [9.17, 15) is 12.8 Å². The number of sulfone groups is 1. The first-order valence-electron chi connectivity index (χ1n) is 8.63. The molecule has 0 atom stereocenters. The average molecular weight is 446 g/mol. The van der Waals surface area contributed by atoms with Gasteiger partial charge in [-0.3, -0.25) is 0 Å². The summed E-state index contributed by atoms with van der Waals surface area (Å²) in [6.07, 6.45) is 0. The molecule has 0 aliphatic heterocycles. The lowest BCUT2D eigenvalue weighted by Gasteiger charge is -2.12. The summed E-state index contributed by atoms with van der Waals surface area (Å²) in [6, 6.07) is 16.9. The molecule has 0 aliphatic carbocycles. The van der Waals surface area contributed by atoms with Crippen molar-refractivity contribution in [3.05, 3.63) is 88.2 Å². The van der Waals surface area contributed by atoms with Crippen LogP contribution in [0.4, 0.5) is 4.39 Å². The molecule has 4 rings (SSSR count). The van der Waals surface area contributed by atoms with Gasteiger partial charge in [0.1, 0.15) is 5.82 Å². The van der Waals surface area contributed by atoms with Crippen molar-refractivity contribution in [2.75, 3.05) is 0 Å². The largest absolute Gasteiger partial charge is 0.236 e. The summed E-state index contributed by atoms with van der Waals surface area (Å²) in [5.74, 6) is -0.435. The lowest BCUT2D eigenvalue weighted by molar-refractivity contribution is 0.593. The lowest BCUT2D eigenvalue weighted by atomic mass is 10.0. The molecule has 4 aromatic rings. The fourth-order valence-corrected chi connectivity index (χ4v) is 4.67. The van der Waals surface area contributed by atoms with Gasteiger partial charge in [-0.1, -0.05) is 41.4 Å². The Morgan fingerprint density at radius 1 is 0.897 bits per heavy atom. The summed E-state index contributed by atoms with van der Waals surface area (Å²) >= 11 is 12.1. The molecule has 3 nitrogen and oxygen atoms in total. The molecule has 0 fully saturated rings. The van der Waals surface area contributed by atoms with Crippen molar-refractivity contribution in [1.29, 1.82) is 0 Å². The summed E-state index contributed by atoms with van der Waals surface area (Å²) in [7, 11) is -3.93. The summed E-state index contributed by atoms with van der Waals surface area (Å²) in [6.45, 7) is 1.79. The zero-order chi connectivity index (χ0) is 20.8. The van der Waals surface area contributed by atoms with Gasteiger partial charge in [-0.25, -0.2) is 17.8 Å². The van der Waals surface area contributed by atoms with Gasteiger partial charge in [0.2, 0.25) is 9.84 Å². The first-order valence-corrected chi connectivity index (χ1v) is 10.9. The number of rotatable bonds is 3. The van der Waals surface area contributed by atoms with E-state index < -0.39 is 15.7 Å². The molecule has 29 heavy (non-hydrogen) atoms. The Balaban J connectivity index is 1.99. The quantitative estimate of drug-likeness (QED) is 0.362. The molecular weight excluding hydrogens is 432 g/mol. The van der Waals surface area contributed by atoms with Gasteiger partial charge in [0.05, 0.1) is 10.4 Å². The van der Waals surface area contributed by atoms with Crippen LogP contribution < -0.4 is 0 Å². The molecule has 0 saturated carbocycles. The molecular formula is C22H14Cl2FNO2S. The number of halogens is 3. The van der Waals surface area contributed by atoms with Crippen molar-refractivity contribution in [3.8, 4) is 11.1 Å². The minimum atomic E-state index is -3.93. The third-order valence-electron chi connectivity index (χ3n) is 4.63. The van der Waals surface area contributed by atoms with Crippen molar-refractivity contribution in [2.24, 2.45) is 0 Å². The topological polar surface area (TPSA) is 47.0 Å². The molecule has 1 aromatic heterocycles. The maximum Gasteiger partial charge on any atom is 0.223 e. The zero-order valence-electron chi connectivity index (χ0n) is 15.2. The van der Waals surface area contributed by atoms with Crippen LogP contribution in [0.3, 0.4) is 0 Å². The molecule has 0 aliphatic rings. The number of hydrogen-bond acceptors (Lipinski definition) is 3. The maximum absolute atomic E-state index is 13.9. The lowest BCUT2D eigenvalue weighted by Crippen LogP contribution is -2.06. The number of benzene rings is 3. The Kier molecular flexibility index (Phi) is 5.07. The van der Waals surface area contributed by atoms with Gasteiger partial charge >= 0.3 is 0 Å². The van der Waals surface area contributed by atoms with Crippen molar-refractivity contribution < 1.29 is 12.8 Å². The maximum atomic E-state index is 13.9. The van der Waals surface area contributed by atoms with Crippen LogP contribution in [0.2, 0.25) is 10.0 Å². The number of aryl methyl sites for hydroxylation is 1. The summed E-state index contributed by atoms with van der Waals surface area (Å²) < 4.78 is 40.4. The monoisotopic (exact) mass is 445 g/mol. The molecule has 146 valence electrons. The second-order valence-corrected chi connectivity index (χ2v) is 9.33. The van der Waals surface area contributed by atoms with E-state index in [1.807, 2.05) is 0 Å². The Labute approximate surface area is 177 Å². The minimum Gasteiger partial charge on any atom is -0.236 e. The van der Waals surface area contributed by atoms with Crippen LogP contribution in [0.15, 0.2) is 76.7 Å². The summed E-state index contributed by atoms with van der Waals surface area (Å²) in [5, 5.41) is 1.27. The summed E-state index contributed by atoms with van der Waals surface area (Å²) in [4.78, 5) is 4.34. The number of nitrogens with zero attached hydrogens (tertiary/aromatic N) is 1. The number of fused-ring (bicyclic) bond motifs is 1. The predicted molar refractivity (Wildman–Crippen MR) is 114 cm³/mol. The standard InChI is InChI=1S/C22H14Cl2FNO2S/c1-13-2-8-17(11-20(13)24)29(27,28)22-12-18(14-3-5-15(23)6-4-14)19-10-16(25)7-9-21(19)26-22/h2-12H,1H3. The molecule has 0 radical (unpaired) electrons. The Hall–Kier alpha value is -2.47. The van der Waals surface area contributed by atoms with Crippen LogP contribution >= 0.6 is 23.2 Å². The van der Waals surface area contributed by atoms with Crippen LogP contribution in [-0.4, -0.2) is 13.4 Å². The average Bonchev–Trinajstić information content (AvgIpc) is 2.70. The van der Waals surface area contributed by atoms with Gasteiger partial charge in [-0.2, -0.15) is 0 Å². The van der Waals surface area contributed by atoms with E-state index in [0.717, 1.165) is 5.56 Å². The number of hydrogen-bond donors (Lipinski definition) is 0. The van der Waals surface area contributed by atoms with Gasteiger partial charge in [-0.05, 0) is 72.1 Å². The normalized spacial score (nSPS) is 11.7. The predicted octanol–water partition coefficient (Wildman–Crippen LogP) is 6.49. The Morgan fingerprint density at radius 3 is 2.31 bits per heavy atom. The minimum absolute atomic E-state index is 0.0455. The van der Waals surface area contributed by atoms with Gasteiger partial charge in [0, 0.05) is 15.4 Å². The molecule has 7 heteroatoms. The molecule has 0 bridgehead atoms. The smallest absolute Gasteiger partial charge is 0.223 e. The van der Waals surface area contributed by atoms with Crippen molar-refractivity contribution >= 4 is 43.9 Å². The molecule has 1 heterocycles. The van der Waals surface area contributed by atoms with Gasteiger partial charge < -0.3 is 0 Å². The highest BCUT2D eigenvalue weighted by Gasteiger charge is 2.22. The molecule has 0 spiro atoms. The van der Waals surface area contributed by atoms with Gasteiger partial charge in [-0.15, -0.1) is 0 Å². The first-order chi connectivity index (χ1) is 13.8. The van der Waals surface area contributed by atoms with E-state index in [0.29, 0.717) is 32.1 Å². The molecule has 0 N–H and O–H groups in total. The Morgan fingerprint density at radius 2 is 1.62 bits per heavy atom. The van der Waals surface area contributed by atoms with Crippen LogP contribution in [0.5, 0.6) is 0 Å². The fraction of sp³-hybridized carbons (Fsp3) is 0.0455. The van der Waals surface area contributed by atoms with Crippen molar-refractivity contribution in [1.82, 2.24) is 4.98 Å². The summed E-state index contributed by atoms with van der Waals surface area (Å²) in [5.41, 5.74) is 2.39. The number of pyridine rings is 1. The molecule has 0 unspecified atom stereocenters. The van der Waals surface area contributed by atoms with Crippen LogP contribution in [0.1, 0.15) is 5.56 Å². The second kappa shape index (κ2) is 7.41. The van der Waals surface area contributed by atoms with E-state index in [4.69, 9.17) is 23.2 Å². The third kappa shape index (κ3) is 3.73. The van der Waals surface area contributed by atoms with Crippen LogP contribution in [-0.2, 0) is 9.84 Å². The molecule has 0 amide bonds. The van der Waals surface area contributed by atoms with E-state index >= 15 is 0 Å². The SMILES string of the molecule is Cc1ccc(S(=O)(=O)c2cc(-c3ccc(Cl)cc3)c3cc(F)ccc3n2)cc1Cl. The van der Waals surface area contributed by atoms with E-state index in [-0.39, 0.29) is 9.92 Å². The third-order valence-corrected chi connectivity index (χ3v) is 6.92.